The van der Waals surface area contributed by atoms with Crippen LogP contribution in [0.4, 0.5) is 0 Å². The maximum Gasteiger partial charge on any atom is 0.229 e. The Balaban J connectivity index is 0.980. The van der Waals surface area contributed by atoms with Crippen LogP contribution in [0.3, 0.4) is 0 Å². The molecule has 506 valence electrons. The highest BCUT2D eigenvalue weighted by Crippen LogP contribution is 2.41. The third-order valence-electron chi connectivity index (χ3n) is 17.7. The molecule has 20 atom stereocenters. The number of aromatic nitrogens is 4. The van der Waals surface area contributed by atoms with Gasteiger partial charge < -0.3 is 130 Å². The quantitative estimate of drug-likeness (QED) is 0.0607. The number of ether oxygens (including phenoxy) is 8. The highest BCUT2D eigenvalue weighted by atomic mass is 16.7. The first-order chi connectivity index (χ1) is 46.3. The minimum Gasteiger partial charge on any atom is -0.462 e. The molecular formula is C68H70N4O24. The zero-order valence-electron chi connectivity index (χ0n) is 50.5. The maximum atomic E-state index is 10.8. The first-order valence-corrected chi connectivity index (χ1v) is 30.8. The fourth-order valence-electron chi connectivity index (χ4n) is 12.4. The number of fused-ring (bicyclic) bond motifs is 8. The molecule has 28 nitrogen and oxygen atoms in total. The third kappa shape index (κ3) is 12.8. The Kier molecular flexibility index (Phi) is 19.2. The van der Waals surface area contributed by atoms with E-state index in [2.05, 4.69) is 9.97 Å². The van der Waals surface area contributed by atoms with Crippen molar-refractivity contribution < 1.29 is 120 Å². The second-order valence-corrected chi connectivity index (χ2v) is 23.9. The zero-order chi connectivity index (χ0) is 67.4. The van der Waals surface area contributed by atoms with Gasteiger partial charge in [-0.25, -0.2) is 9.97 Å². The van der Waals surface area contributed by atoms with Crippen LogP contribution in [0.2, 0.25) is 0 Å². The number of nitrogens with one attached hydrogen (secondary N) is 2. The smallest absolute Gasteiger partial charge is 0.229 e. The first kappa shape index (κ1) is 66.5. The topological polar surface area (TPSA) is 455 Å². The average molecular weight is 1330 g/mol. The van der Waals surface area contributed by atoms with E-state index in [1.54, 1.807) is 97.1 Å². The molecule has 4 aromatic carbocycles. The van der Waals surface area contributed by atoms with Gasteiger partial charge in [0.15, 0.2) is 0 Å². The van der Waals surface area contributed by atoms with Crippen LogP contribution in [0.15, 0.2) is 121 Å². The van der Waals surface area contributed by atoms with E-state index in [-0.39, 0.29) is 23.0 Å². The fraction of sp³-hybridized carbons (Fsp3) is 0.353. The van der Waals surface area contributed by atoms with Crippen LogP contribution in [0.25, 0.3) is 90.9 Å². The number of H-pyrrole nitrogens is 2. The molecule has 0 unspecified atom stereocenters. The predicted octanol–water partition coefficient (Wildman–Crippen LogP) is 0.0384. The highest BCUT2D eigenvalue weighted by molar-refractivity contribution is 6.00. The molecule has 6 aliphatic rings. The molecule has 28 heteroatoms. The number of hydrogen-bond acceptors (Lipinski definition) is 26. The van der Waals surface area contributed by atoms with Gasteiger partial charge in [0, 0.05) is 44.3 Å². The van der Waals surface area contributed by atoms with Gasteiger partial charge in [-0.2, -0.15) is 0 Å². The van der Waals surface area contributed by atoms with E-state index in [1.165, 1.54) is 0 Å². The number of nitrogens with zero attached hydrogens (tertiary/aromatic N) is 2. The van der Waals surface area contributed by atoms with Gasteiger partial charge in [0.05, 0.1) is 49.2 Å². The molecule has 0 saturated carbocycles. The van der Waals surface area contributed by atoms with Gasteiger partial charge in [-0.1, -0.05) is 48.5 Å². The van der Waals surface area contributed by atoms with E-state index < -0.39 is 149 Å². The van der Waals surface area contributed by atoms with Gasteiger partial charge in [-0.15, -0.1) is 0 Å². The van der Waals surface area contributed by atoms with Crippen molar-refractivity contribution in [3.05, 3.63) is 144 Å². The van der Waals surface area contributed by atoms with E-state index in [0.29, 0.717) is 89.4 Å². The second-order valence-electron chi connectivity index (χ2n) is 23.9. The molecule has 4 saturated heterocycles. The van der Waals surface area contributed by atoms with Gasteiger partial charge in [0.25, 0.3) is 0 Å². The lowest BCUT2D eigenvalue weighted by Gasteiger charge is -2.39. The van der Waals surface area contributed by atoms with Crippen molar-refractivity contribution in [3.63, 3.8) is 0 Å². The van der Waals surface area contributed by atoms with Crippen molar-refractivity contribution in [2.75, 3.05) is 26.4 Å². The molecule has 0 spiro atoms. The minimum atomic E-state index is -1.69. The van der Waals surface area contributed by atoms with Crippen LogP contribution < -0.4 is 18.9 Å². The summed E-state index contributed by atoms with van der Waals surface area (Å²) in [5, 5.41) is 167. The molecule has 18 N–H and O–H groups in total. The number of aliphatic hydroxyl groups is 16. The molecule has 6 aliphatic heterocycles. The van der Waals surface area contributed by atoms with Crippen LogP contribution in [-0.4, -0.2) is 251 Å². The van der Waals surface area contributed by atoms with Crippen LogP contribution >= 0.6 is 0 Å². The Morgan fingerprint density at radius 3 is 0.740 bits per heavy atom. The summed E-state index contributed by atoms with van der Waals surface area (Å²) in [6.07, 6.45) is -23.4. The molecule has 9 heterocycles. The number of hydrogen-bond donors (Lipinski definition) is 18. The number of rotatable bonds is 16. The van der Waals surface area contributed by atoms with Gasteiger partial charge >= 0.3 is 0 Å². The Morgan fingerprint density at radius 1 is 0.271 bits per heavy atom. The standard InChI is InChI=1S/C68H70N4O24/c73-25-45-53(77)57(81)61(85)65(93-45)89-33-9-1-29(2-10-33)49-37-17-19-39(69-37)50(30-3-11-34(12-4-30)90-66-62(86)58(82)54(78)46(26-74)94-66)41-21-23-43(71-41)52(32-7-15-36(16-8-32)92-68-64(88)60(84)56(80)48(28-76)96-68)44-24-22-42(72-44)51(40-20-18-38(49)70-40)31-5-13-35(14-6-31)91-67-63(87)59(83)55(79)47(27-75)95-67/h1-24,45-48,53-70,73-88H,25-28H2/t45-,46-,47-,48-,53+,54+,55+,56+,57+,58+,59+,60+,61-,62-,63-,64-,65-,66-,67-,68-/m1/s1. The molecule has 0 radical (unpaired) electrons. The van der Waals surface area contributed by atoms with Gasteiger partial charge in [0.1, 0.15) is 121 Å². The molecule has 0 amide bonds. The van der Waals surface area contributed by atoms with Crippen molar-refractivity contribution in [1.29, 1.82) is 0 Å². The lowest BCUT2D eigenvalue weighted by molar-refractivity contribution is -0.277. The summed E-state index contributed by atoms with van der Waals surface area (Å²) in [7, 11) is 0. The largest absolute Gasteiger partial charge is 0.462 e. The minimum absolute atomic E-state index is 0.187. The highest BCUT2D eigenvalue weighted by Gasteiger charge is 2.48. The van der Waals surface area contributed by atoms with Crippen molar-refractivity contribution >= 4 is 46.4 Å². The van der Waals surface area contributed by atoms with Crippen LogP contribution in [0, 0.1) is 0 Å². The summed E-state index contributed by atoms with van der Waals surface area (Å²) in [6, 6.07) is 34.3. The number of aromatic amines is 2. The van der Waals surface area contributed by atoms with Crippen molar-refractivity contribution in [2.45, 2.75) is 123 Å². The SMILES string of the molecule is OC[C@H]1O[C@@H](Oc2ccc(-c3c4nc(c(-c5ccc(O[C@@H]6O[C@H](CO)[C@H](O)[C@H](O)[C@H]6O)cc5)c5ccc([nH]5)c(-c5ccc(O[C@@H]6O[C@H](CO)[C@H](O)[C@H](O)[C@H]6O)cc5)c5ccc([nH]5)c(-c5ccc(O[C@@H]6O[C@H](CO)[C@H](O)[C@H](O)[C@H]6O)cc5)c5nc3C=C5)C=C4)cc2)[C@H](O)[C@@H](O)[C@H]1O. The maximum absolute atomic E-state index is 10.8. The summed E-state index contributed by atoms with van der Waals surface area (Å²) in [5.41, 5.74) is 8.73. The summed E-state index contributed by atoms with van der Waals surface area (Å²) >= 11 is 0. The number of benzene rings is 4. The Labute approximate surface area is 544 Å². The monoisotopic (exact) mass is 1330 g/mol. The van der Waals surface area contributed by atoms with E-state index in [0.717, 1.165) is 0 Å². The second kappa shape index (κ2) is 27.8. The lowest BCUT2D eigenvalue weighted by atomic mass is 9.99. The number of aliphatic hydroxyl groups excluding tert-OH is 16. The van der Waals surface area contributed by atoms with Crippen molar-refractivity contribution in [3.8, 4) is 67.5 Å². The van der Waals surface area contributed by atoms with Crippen LogP contribution in [0.1, 0.15) is 22.8 Å². The summed E-state index contributed by atoms with van der Waals surface area (Å²) in [5.74, 6) is 0.772. The summed E-state index contributed by atoms with van der Waals surface area (Å²) < 4.78 is 46.6. The van der Waals surface area contributed by atoms with Crippen LogP contribution in [0.5, 0.6) is 23.0 Å². The van der Waals surface area contributed by atoms with E-state index >= 15 is 0 Å². The van der Waals surface area contributed by atoms with E-state index in [1.807, 2.05) is 48.6 Å². The third-order valence-corrected chi connectivity index (χ3v) is 17.7. The normalized spacial score (nSPS) is 31.2. The van der Waals surface area contributed by atoms with E-state index in [4.69, 9.17) is 47.9 Å². The Bertz CT molecular complexity index is 3950. The van der Waals surface area contributed by atoms with Gasteiger partial charge in [-0.3, -0.25) is 0 Å². The molecular weight excluding hydrogens is 1260 g/mol. The predicted molar refractivity (Wildman–Crippen MR) is 338 cm³/mol. The summed E-state index contributed by atoms with van der Waals surface area (Å²) in [6.45, 7) is -2.65. The Hall–Kier alpha value is -8.12. The molecule has 8 bridgehead atoms. The molecule has 3 aromatic heterocycles. The van der Waals surface area contributed by atoms with Crippen LogP contribution in [-0.2, 0) is 18.9 Å². The fourth-order valence-corrected chi connectivity index (χ4v) is 12.4. The van der Waals surface area contributed by atoms with Crippen molar-refractivity contribution in [2.24, 2.45) is 0 Å². The summed E-state index contributed by atoms with van der Waals surface area (Å²) in [4.78, 5) is 18.0. The molecule has 7 aromatic rings. The first-order valence-electron chi connectivity index (χ1n) is 30.8. The lowest BCUT2D eigenvalue weighted by Crippen LogP contribution is -2.60. The average Bonchev–Trinajstić information content (AvgIpc) is 1.65. The zero-order valence-corrected chi connectivity index (χ0v) is 50.5. The molecule has 13 rings (SSSR count). The molecule has 96 heavy (non-hydrogen) atoms. The van der Waals surface area contributed by atoms with E-state index in [9.17, 15) is 81.7 Å². The van der Waals surface area contributed by atoms with Crippen molar-refractivity contribution in [1.82, 2.24) is 19.9 Å². The Morgan fingerprint density at radius 2 is 0.490 bits per heavy atom. The van der Waals surface area contributed by atoms with Gasteiger partial charge in [-0.05, 0) is 119 Å². The molecule has 4 fully saturated rings. The molecule has 0 aliphatic carbocycles. The van der Waals surface area contributed by atoms with Gasteiger partial charge in [0.2, 0.25) is 25.2 Å².